The number of nitrogen functional groups attached to an aromatic ring is 1. The maximum atomic E-state index is 12.0. The van der Waals surface area contributed by atoms with Gasteiger partial charge in [0, 0.05) is 19.8 Å². The zero-order chi connectivity index (χ0) is 13.3. The van der Waals surface area contributed by atoms with Gasteiger partial charge < -0.3 is 5.73 Å². The molecule has 1 heterocycles. The summed E-state index contributed by atoms with van der Waals surface area (Å²) >= 11 is 0. The maximum absolute atomic E-state index is 12.0. The molecule has 98 valence electrons. The Morgan fingerprint density at radius 1 is 1.53 bits per heavy atom. The van der Waals surface area contributed by atoms with Gasteiger partial charge in [-0.3, -0.25) is 4.68 Å². The molecule has 1 rings (SSSR count). The number of nitrogens with zero attached hydrogens (tertiary/aromatic N) is 2. The van der Waals surface area contributed by atoms with Crippen molar-refractivity contribution in [3.05, 3.63) is 6.20 Å². The van der Waals surface area contributed by atoms with Gasteiger partial charge in [0.05, 0.1) is 0 Å². The van der Waals surface area contributed by atoms with Gasteiger partial charge in [-0.1, -0.05) is 20.8 Å². The van der Waals surface area contributed by atoms with Crippen LogP contribution >= 0.6 is 0 Å². The molecule has 0 amide bonds. The van der Waals surface area contributed by atoms with Gasteiger partial charge in [0.2, 0.25) is 10.0 Å². The number of sulfonamides is 1. The minimum atomic E-state index is -3.57. The number of anilines is 1. The molecule has 0 aliphatic heterocycles. The Balaban J connectivity index is 2.87. The molecule has 17 heavy (non-hydrogen) atoms. The second kappa shape index (κ2) is 4.66. The van der Waals surface area contributed by atoms with Crippen LogP contribution in [0.1, 0.15) is 27.2 Å². The predicted octanol–water partition coefficient (Wildman–Crippen LogP) is 0.717. The summed E-state index contributed by atoms with van der Waals surface area (Å²) < 4.78 is 27.9. The molecular weight excluding hydrogens is 240 g/mol. The van der Waals surface area contributed by atoms with Crippen LogP contribution in [0.4, 0.5) is 5.82 Å². The Labute approximate surface area is 102 Å². The van der Waals surface area contributed by atoms with E-state index in [0.717, 1.165) is 6.42 Å². The first-order valence-electron chi connectivity index (χ1n) is 5.47. The van der Waals surface area contributed by atoms with Crippen molar-refractivity contribution < 1.29 is 8.42 Å². The van der Waals surface area contributed by atoms with Crippen molar-refractivity contribution in [2.75, 3.05) is 12.3 Å². The fraction of sp³-hybridized carbons (Fsp3) is 0.700. The molecule has 7 heteroatoms. The Morgan fingerprint density at radius 2 is 2.12 bits per heavy atom. The monoisotopic (exact) mass is 260 g/mol. The third-order valence-corrected chi connectivity index (χ3v) is 4.23. The van der Waals surface area contributed by atoms with Crippen molar-refractivity contribution >= 4 is 15.8 Å². The Hall–Kier alpha value is -1.08. The SMILES string of the molecule is CCC(C)(C)CNS(=O)(=O)c1cn(C)nc1N. The lowest BCUT2D eigenvalue weighted by atomic mass is 9.91. The highest BCUT2D eigenvalue weighted by Crippen LogP contribution is 2.20. The van der Waals surface area contributed by atoms with E-state index in [0.29, 0.717) is 6.54 Å². The van der Waals surface area contributed by atoms with E-state index in [9.17, 15) is 8.42 Å². The summed E-state index contributed by atoms with van der Waals surface area (Å²) in [5.74, 6) is 0.0225. The summed E-state index contributed by atoms with van der Waals surface area (Å²) in [6.45, 7) is 6.40. The maximum Gasteiger partial charge on any atom is 0.245 e. The molecule has 0 aliphatic carbocycles. The van der Waals surface area contributed by atoms with Crippen LogP contribution in [-0.4, -0.2) is 24.7 Å². The van der Waals surface area contributed by atoms with Gasteiger partial charge in [0.15, 0.2) is 5.82 Å². The Morgan fingerprint density at radius 3 is 2.53 bits per heavy atom. The van der Waals surface area contributed by atoms with Crippen LogP contribution in [0.2, 0.25) is 0 Å². The third kappa shape index (κ3) is 3.44. The molecule has 0 aliphatic rings. The second-order valence-corrected chi connectivity index (χ2v) is 6.63. The molecule has 0 saturated carbocycles. The molecule has 0 radical (unpaired) electrons. The molecular formula is C10H20N4O2S. The third-order valence-electron chi connectivity index (χ3n) is 2.81. The fourth-order valence-corrected chi connectivity index (χ4v) is 2.53. The topological polar surface area (TPSA) is 90.0 Å². The van der Waals surface area contributed by atoms with E-state index in [-0.39, 0.29) is 16.1 Å². The van der Waals surface area contributed by atoms with E-state index < -0.39 is 10.0 Å². The zero-order valence-electron chi connectivity index (χ0n) is 10.7. The molecule has 6 nitrogen and oxygen atoms in total. The average Bonchev–Trinajstić information content (AvgIpc) is 2.56. The summed E-state index contributed by atoms with van der Waals surface area (Å²) in [5.41, 5.74) is 5.47. The lowest BCUT2D eigenvalue weighted by molar-refractivity contribution is 0.350. The summed E-state index contributed by atoms with van der Waals surface area (Å²) in [6, 6.07) is 0. The largest absolute Gasteiger partial charge is 0.381 e. The van der Waals surface area contributed by atoms with Gasteiger partial charge in [-0.2, -0.15) is 5.10 Å². The van der Waals surface area contributed by atoms with E-state index in [1.807, 2.05) is 20.8 Å². The van der Waals surface area contributed by atoms with E-state index in [2.05, 4.69) is 9.82 Å². The standard InChI is InChI=1S/C10H20N4O2S/c1-5-10(2,3)7-12-17(15,16)8-6-14(4)13-9(8)11/h6,12H,5,7H2,1-4H3,(H2,11,13). The van der Waals surface area contributed by atoms with E-state index in [1.165, 1.54) is 10.9 Å². The van der Waals surface area contributed by atoms with E-state index in [4.69, 9.17) is 5.73 Å². The second-order valence-electron chi connectivity index (χ2n) is 4.89. The molecule has 0 unspecified atom stereocenters. The summed E-state index contributed by atoms with van der Waals surface area (Å²) in [4.78, 5) is 0.0342. The number of nitrogens with two attached hydrogens (primary N) is 1. The molecule has 0 saturated heterocycles. The van der Waals surface area contributed by atoms with Gasteiger partial charge in [-0.25, -0.2) is 13.1 Å². The molecule has 0 bridgehead atoms. The first kappa shape index (κ1) is 14.0. The summed E-state index contributed by atoms with van der Waals surface area (Å²) in [7, 11) is -1.94. The molecule has 1 aromatic heterocycles. The van der Waals surface area contributed by atoms with Crippen molar-refractivity contribution in [1.82, 2.24) is 14.5 Å². The predicted molar refractivity (Wildman–Crippen MR) is 66.9 cm³/mol. The molecule has 0 fully saturated rings. The van der Waals surface area contributed by atoms with Gasteiger partial charge in [-0.15, -0.1) is 0 Å². The normalized spacial score (nSPS) is 12.9. The smallest absolute Gasteiger partial charge is 0.245 e. The Kier molecular flexibility index (Phi) is 3.83. The lowest BCUT2D eigenvalue weighted by Crippen LogP contribution is -2.33. The summed E-state index contributed by atoms with van der Waals surface area (Å²) in [6.07, 6.45) is 2.29. The van der Waals surface area contributed by atoms with Gasteiger partial charge in [-0.05, 0) is 11.8 Å². The molecule has 3 N–H and O–H groups in total. The van der Waals surface area contributed by atoms with Crippen LogP contribution in [0.5, 0.6) is 0 Å². The first-order valence-corrected chi connectivity index (χ1v) is 6.95. The van der Waals surface area contributed by atoms with Crippen molar-refractivity contribution in [1.29, 1.82) is 0 Å². The van der Waals surface area contributed by atoms with E-state index >= 15 is 0 Å². The number of aryl methyl sites for hydroxylation is 1. The molecule has 0 atom stereocenters. The highest BCUT2D eigenvalue weighted by Gasteiger charge is 2.24. The number of nitrogens with one attached hydrogen (secondary N) is 1. The fourth-order valence-electron chi connectivity index (χ4n) is 1.18. The number of rotatable bonds is 5. The quantitative estimate of drug-likeness (QED) is 0.816. The van der Waals surface area contributed by atoms with Gasteiger partial charge >= 0.3 is 0 Å². The number of hydrogen-bond donors (Lipinski definition) is 2. The van der Waals surface area contributed by atoms with Crippen LogP contribution in [0.25, 0.3) is 0 Å². The number of aromatic nitrogens is 2. The first-order chi connectivity index (χ1) is 7.68. The van der Waals surface area contributed by atoms with Gasteiger partial charge in [0.1, 0.15) is 4.90 Å². The highest BCUT2D eigenvalue weighted by molar-refractivity contribution is 7.89. The average molecular weight is 260 g/mol. The minimum Gasteiger partial charge on any atom is -0.381 e. The van der Waals surface area contributed by atoms with Crippen LogP contribution in [0.3, 0.4) is 0 Å². The minimum absolute atomic E-state index is 0.0225. The summed E-state index contributed by atoms with van der Waals surface area (Å²) in [5, 5.41) is 3.82. The van der Waals surface area contributed by atoms with Crippen LogP contribution in [0, 0.1) is 5.41 Å². The van der Waals surface area contributed by atoms with Crippen molar-refractivity contribution in [2.45, 2.75) is 32.1 Å². The Bertz CT molecular complexity index is 490. The van der Waals surface area contributed by atoms with E-state index in [1.54, 1.807) is 7.05 Å². The van der Waals surface area contributed by atoms with Crippen LogP contribution < -0.4 is 10.5 Å². The van der Waals surface area contributed by atoms with Crippen molar-refractivity contribution in [3.8, 4) is 0 Å². The molecule has 1 aromatic rings. The number of hydrogen-bond acceptors (Lipinski definition) is 4. The van der Waals surface area contributed by atoms with Crippen molar-refractivity contribution in [3.63, 3.8) is 0 Å². The highest BCUT2D eigenvalue weighted by atomic mass is 32.2. The zero-order valence-corrected chi connectivity index (χ0v) is 11.5. The van der Waals surface area contributed by atoms with Gasteiger partial charge in [0.25, 0.3) is 0 Å². The van der Waals surface area contributed by atoms with Crippen LogP contribution in [0.15, 0.2) is 11.1 Å². The molecule has 0 spiro atoms. The molecule has 0 aromatic carbocycles. The lowest BCUT2D eigenvalue weighted by Gasteiger charge is -2.22. The van der Waals surface area contributed by atoms with Crippen molar-refractivity contribution in [2.24, 2.45) is 12.5 Å². The van der Waals surface area contributed by atoms with Crippen LogP contribution in [-0.2, 0) is 17.1 Å².